The van der Waals surface area contributed by atoms with E-state index in [1.54, 1.807) is 0 Å². The van der Waals surface area contributed by atoms with Crippen LogP contribution in [0, 0.1) is 0 Å². The molecule has 0 aliphatic heterocycles. The summed E-state index contributed by atoms with van der Waals surface area (Å²) >= 11 is 0. The van der Waals surface area contributed by atoms with Crippen molar-refractivity contribution in [3.8, 4) is 0 Å². The molecule has 0 amide bonds. The normalized spacial score (nSPS) is 11.7. The zero-order valence-corrected chi connectivity index (χ0v) is 37.8. The fourth-order valence-electron chi connectivity index (χ4n) is 6.79. The molecular formula is C48H98O8. The lowest BCUT2D eigenvalue weighted by atomic mass is 10.0. The molecule has 0 fully saturated rings. The lowest BCUT2D eigenvalue weighted by Crippen LogP contribution is -2.15. The van der Waals surface area contributed by atoms with Gasteiger partial charge in [0.25, 0.3) is 0 Å². The Kier molecular flexibility index (Phi) is 54.4. The summed E-state index contributed by atoms with van der Waals surface area (Å²) < 4.78 is 44.8. The number of hydrogen-bond donors (Lipinski definition) is 0. The molecule has 0 aromatic heterocycles. The van der Waals surface area contributed by atoms with Crippen LogP contribution in [0.2, 0.25) is 0 Å². The maximum atomic E-state index is 5.71. The van der Waals surface area contributed by atoms with Crippen molar-refractivity contribution in [1.82, 2.24) is 0 Å². The highest BCUT2D eigenvalue weighted by Crippen LogP contribution is 2.15. The highest BCUT2D eigenvalue weighted by atomic mass is 16.6. The summed E-state index contributed by atoms with van der Waals surface area (Å²) in [5.41, 5.74) is 0. The fourth-order valence-corrected chi connectivity index (χ4v) is 6.79. The van der Waals surface area contributed by atoms with Gasteiger partial charge in [-0.05, 0) is 12.8 Å². The van der Waals surface area contributed by atoms with Gasteiger partial charge in [0.2, 0.25) is 0 Å². The van der Waals surface area contributed by atoms with Crippen molar-refractivity contribution in [1.29, 1.82) is 0 Å². The lowest BCUT2D eigenvalue weighted by molar-refractivity contribution is -0.0232. The Morgan fingerprint density at radius 2 is 0.268 bits per heavy atom. The monoisotopic (exact) mass is 803 g/mol. The zero-order chi connectivity index (χ0) is 40.2. The number of ether oxygens (including phenoxy) is 8. The molecule has 0 atom stereocenters. The molecule has 0 heterocycles. The molecule has 0 aliphatic carbocycles. The number of unbranched alkanes of at least 4 members (excludes halogenated alkanes) is 28. The molecule has 0 rings (SSSR count). The summed E-state index contributed by atoms with van der Waals surface area (Å²) in [6, 6.07) is 0. The highest BCUT2D eigenvalue weighted by Gasteiger charge is 1.99. The molecule has 0 spiro atoms. The molecule has 0 unspecified atom stereocenters. The third-order valence-corrected chi connectivity index (χ3v) is 10.4. The van der Waals surface area contributed by atoms with Crippen LogP contribution in [-0.4, -0.2) is 106 Å². The SMILES string of the molecule is CCCCCCCCCCCCCCCCCCOCCOCCOCCOCCOCCOCCOCCOCCCCCCCCCCCCCCCC. The second-order valence-electron chi connectivity index (χ2n) is 15.8. The van der Waals surface area contributed by atoms with Crippen LogP contribution in [0.1, 0.15) is 206 Å². The molecule has 0 aromatic carbocycles. The Balaban J connectivity index is 3.05. The molecule has 0 saturated carbocycles. The Bertz CT molecular complexity index is 601. The fraction of sp³-hybridized carbons (Fsp3) is 1.00. The molecule has 0 bridgehead atoms. The van der Waals surface area contributed by atoms with Crippen molar-refractivity contribution in [2.45, 2.75) is 206 Å². The van der Waals surface area contributed by atoms with E-state index in [1.807, 2.05) is 0 Å². The smallest absolute Gasteiger partial charge is 0.0701 e. The first kappa shape index (κ1) is 55.7. The van der Waals surface area contributed by atoms with E-state index in [0.717, 1.165) is 26.1 Å². The first-order valence-corrected chi connectivity index (χ1v) is 24.5. The minimum atomic E-state index is 0.555. The molecule has 0 saturated heterocycles. The van der Waals surface area contributed by atoms with Crippen LogP contribution in [0.3, 0.4) is 0 Å². The van der Waals surface area contributed by atoms with Gasteiger partial charge in [-0.3, -0.25) is 0 Å². The van der Waals surface area contributed by atoms with Crippen molar-refractivity contribution in [2.75, 3.05) is 106 Å². The van der Waals surface area contributed by atoms with Crippen LogP contribution in [-0.2, 0) is 37.9 Å². The summed E-state index contributed by atoms with van der Waals surface area (Å²) in [4.78, 5) is 0. The summed E-state index contributed by atoms with van der Waals surface area (Å²) in [5, 5.41) is 0. The van der Waals surface area contributed by atoms with E-state index < -0.39 is 0 Å². The van der Waals surface area contributed by atoms with Crippen molar-refractivity contribution in [3.05, 3.63) is 0 Å². The largest absolute Gasteiger partial charge is 0.379 e. The maximum absolute atomic E-state index is 5.71. The van der Waals surface area contributed by atoms with Gasteiger partial charge >= 0.3 is 0 Å². The molecule has 56 heavy (non-hydrogen) atoms. The minimum Gasteiger partial charge on any atom is -0.379 e. The van der Waals surface area contributed by atoms with Crippen LogP contribution in [0.25, 0.3) is 0 Å². The van der Waals surface area contributed by atoms with Gasteiger partial charge in [0.05, 0.1) is 92.5 Å². The van der Waals surface area contributed by atoms with Crippen LogP contribution in [0.4, 0.5) is 0 Å². The van der Waals surface area contributed by atoms with Gasteiger partial charge in [-0.2, -0.15) is 0 Å². The predicted molar refractivity (Wildman–Crippen MR) is 236 cm³/mol. The van der Waals surface area contributed by atoms with E-state index in [4.69, 9.17) is 37.9 Å². The summed E-state index contributed by atoms with van der Waals surface area (Å²) in [6.07, 6.45) is 41.6. The predicted octanol–water partition coefficient (Wildman–Crippen LogP) is 12.9. The van der Waals surface area contributed by atoms with Crippen molar-refractivity contribution in [2.24, 2.45) is 0 Å². The van der Waals surface area contributed by atoms with Crippen molar-refractivity contribution < 1.29 is 37.9 Å². The zero-order valence-electron chi connectivity index (χ0n) is 37.8. The maximum Gasteiger partial charge on any atom is 0.0701 e. The average molecular weight is 803 g/mol. The highest BCUT2D eigenvalue weighted by molar-refractivity contribution is 4.51. The van der Waals surface area contributed by atoms with E-state index >= 15 is 0 Å². The third-order valence-electron chi connectivity index (χ3n) is 10.4. The van der Waals surface area contributed by atoms with Gasteiger partial charge in [-0.15, -0.1) is 0 Å². The molecule has 0 aliphatic rings. The minimum absolute atomic E-state index is 0.555. The van der Waals surface area contributed by atoms with E-state index in [0.29, 0.717) is 92.5 Å². The molecule has 8 heteroatoms. The Morgan fingerprint density at radius 3 is 0.429 bits per heavy atom. The molecule has 8 nitrogen and oxygen atoms in total. The van der Waals surface area contributed by atoms with E-state index in [-0.39, 0.29) is 0 Å². The molecule has 338 valence electrons. The van der Waals surface area contributed by atoms with Gasteiger partial charge in [0.1, 0.15) is 0 Å². The van der Waals surface area contributed by atoms with Crippen molar-refractivity contribution >= 4 is 0 Å². The van der Waals surface area contributed by atoms with E-state index in [2.05, 4.69) is 13.8 Å². The quantitative estimate of drug-likeness (QED) is 0.0563. The Hall–Kier alpha value is -0.320. The average Bonchev–Trinajstić information content (AvgIpc) is 3.21. The summed E-state index contributed by atoms with van der Waals surface area (Å²) in [6.45, 7) is 14.5. The summed E-state index contributed by atoms with van der Waals surface area (Å²) in [5.74, 6) is 0. The first-order chi connectivity index (χ1) is 27.9. The number of hydrogen-bond acceptors (Lipinski definition) is 8. The van der Waals surface area contributed by atoms with Crippen LogP contribution < -0.4 is 0 Å². The topological polar surface area (TPSA) is 73.8 Å². The second kappa shape index (κ2) is 54.7. The van der Waals surface area contributed by atoms with Gasteiger partial charge in [0, 0.05) is 13.2 Å². The molecule has 0 aromatic rings. The Morgan fingerprint density at radius 1 is 0.143 bits per heavy atom. The second-order valence-corrected chi connectivity index (χ2v) is 15.8. The van der Waals surface area contributed by atoms with Crippen LogP contribution in [0.15, 0.2) is 0 Å². The van der Waals surface area contributed by atoms with Gasteiger partial charge in [0.15, 0.2) is 0 Å². The third kappa shape index (κ3) is 53.7. The van der Waals surface area contributed by atoms with E-state index in [1.165, 1.54) is 180 Å². The molecule has 0 radical (unpaired) electrons. The molecule has 0 N–H and O–H groups in total. The lowest BCUT2D eigenvalue weighted by Gasteiger charge is -2.09. The number of rotatable bonds is 53. The van der Waals surface area contributed by atoms with Crippen molar-refractivity contribution in [3.63, 3.8) is 0 Å². The van der Waals surface area contributed by atoms with E-state index in [9.17, 15) is 0 Å². The molecular weight excluding hydrogens is 705 g/mol. The first-order valence-electron chi connectivity index (χ1n) is 24.5. The summed E-state index contributed by atoms with van der Waals surface area (Å²) in [7, 11) is 0. The Labute approximate surface area is 349 Å². The van der Waals surface area contributed by atoms with Crippen LogP contribution in [0.5, 0.6) is 0 Å². The van der Waals surface area contributed by atoms with Gasteiger partial charge in [-0.1, -0.05) is 194 Å². The van der Waals surface area contributed by atoms with Crippen LogP contribution >= 0.6 is 0 Å². The van der Waals surface area contributed by atoms with Gasteiger partial charge in [-0.25, -0.2) is 0 Å². The van der Waals surface area contributed by atoms with Gasteiger partial charge < -0.3 is 37.9 Å². The standard InChI is InChI=1S/C48H98O8/c1-3-5-7-9-11-13-15-17-19-20-22-24-26-28-30-32-34-50-36-38-52-40-42-54-44-46-56-48-47-55-45-43-53-41-39-51-37-35-49-33-31-29-27-25-23-21-18-16-14-12-10-8-6-4-2/h3-48H2,1-2H3.